The van der Waals surface area contributed by atoms with Gasteiger partial charge in [-0.05, 0) is 25.5 Å². The highest BCUT2D eigenvalue weighted by molar-refractivity contribution is 7.90. The van der Waals surface area contributed by atoms with Crippen molar-refractivity contribution in [1.29, 1.82) is 0 Å². The van der Waals surface area contributed by atoms with Crippen molar-refractivity contribution in [3.63, 3.8) is 0 Å². The highest BCUT2D eigenvalue weighted by Gasteiger charge is 2.30. The first-order chi connectivity index (χ1) is 14.5. The number of rotatable bonds is 4. The molecule has 0 aliphatic carbocycles. The first kappa shape index (κ1) is 21.6. The maximum Gasteiger partial charge on any atom is 0.269 e. The van der Waals surface area contributed by atoms with Gasteiger partial charge in [0, 0.05) is 29.8 Å². The Morgan fingerprint density at radius 3 is 2.48 bits per heavy atom. The number of alkyl halides is 1. The Morgan fingerprint density at radius 2 is 1.84 bits per heavy atom. The van der Waals surface area contributed by atoms with E-state index in [4.69, 9.17) is 11.6 Å². The number of aryl methyl sites for hydroxylation is 1. The van der Waals surface area contributed by atoms with E-state index < -0.39 is 36.1 Å². The van der Waals surface area contributed by atoms with Gasteiger partial charge in [0.1, 0.15) is 5.82 Å². The van der Waals surface area contributed by atoms with Crippen LogP contribution in [0, 0.1) is 12.7 Å². The van der Waals surface area contributed by atoms with Crippen molar-refractivity contribution < 1.29 is 21.2 Å². The topological polar surface area (TPSA) is 111 Å². The highest BCUT2D eigenvalue weighted by Crippen LogP contribution is 2.38. The summed E-state index contributed by atoms with van der Waals surface area (Å²) in [4.78, 5) is 12.0. The van der Waals surface area contributed by atoms with E-state index in [9.17, 15) is 21.2 Å². The summed E-state index contributed by atoms with van der Waals surface area (Å²) < 4.78 is 65.3. The largest absolute Gasteiger partial charge is 0.269 e. The van der Waals surface area contributed by atoms with E-state index in [0.717, 1.165) is 22.0 Å². The quantitative estimate of drug-likeness (QED) is 0.417. The van der Waals surface area contributed by atoms with Crippen LogP contribution in [0.25, 0.3) is 11.4 Å². The van der Waals surface area contributed by atoms with Gasteiger partial charge in [-0.1, -0.05) is 17.7 Å². The molecule has 0 N–H and O–H groups in total. The second-order valence-corrected chi connectivity index (χ2v) is 11.4. The van der Waals surface area contributed by atoms with Crippen LogP contribution in [-0.4, -0.2) is 48.6 Å². The zero-order valence-corrected chi connectivity index (χ0v) is 18.7. The summed E-state index contributed by atoms with van der Waals surface area (Å²) in [6, 6.07) is 6.29. The number of aliphatic imine (C=N–C) groups is 1. The average Bonchev–Trinajstić information content (AvgIpc) is 3.07. The molecule has 0 saturated carbocycles. The number of hydrogen-bond acceptors (Lipinski definition) is 7. The molecule has 0 fully saturated rings. The summed E-state index contributed by atoms with van der Waals surface area (Å²) in [7, 11) is -8.01. The van der Waals surface area contributed by atoms with Crippen molar-refractivity contribution in [2.75, 3.05) is 6.26 Å². The Balaban J connectivity index is 1.96. The highest BCUT2D eigenvalue weighted by atomic mass is 35.5. The van der Waals surface area contributed by atoms with Gasteiger partial charge in [0.15, 0.2) is 26.5 Å². The second kappa shape index (κ2) is 7.50. The molecule has 0 bridgehead atoms. The van der Waals surface area contributed by atoms with E-state index in [1.165, 1.54) is 24.5 Å². The minimum Gasteiger partial charge on any atom is -0.240 e. The van der Waals surface area contributed by atoms with Gasteiger partial charge in [0.25, 0.3) is 10.0 Å². The SMILES string of the molecule is Cc1ccc(S(=O)(=O)n2cc(-c3ncc(F)c(S(C)(=O)=O)n3)c3c2N=CC(Cl)C3)cc1. The Kier molecular flexibility index (Phi) is 5.23. The van der Waals surface area contributed by atoms with Crippen molar-refractivity contribution in [2.24, 2.45) is 4.99 Å². The number of sulfone groups is 1. The Hall–Kier alpha value is -2.63. The lowest BCUT2D eigenvalue weighted by Gasteiger charge is -2.14. The molecule has 1 aromatic carbocycles. The lowest BCUT2D eigenvalue weighted by molar-refractivity contribution is 0.552. The monoisotopic (exact) mass is 482 g/mol. The number of halogens is 2. The van der Waals surface area contributed by atoms with Gasteiger partial charge < -0.3 is 0 Å². The molecule has 2 aromatic heterocycles. The van der Waals surface area contributed by atoms with E-state index in [2.05, 4.69) is 15.0 Å². The van der Waals surface area contributed by atoms with Gasteiger partial charge in [-0.25, -0.2) is 40.2 Å². The number of aromatic nitrogens is 3. The van der Waals surface area contributed by atoms with E-state index in [0.29, 0.717) is 5.56 Å². The summed E-state index contributed by atoms with van der Waals surface area (Å²) in [5.74, 6) is -1.13. The van der Waals surface area contributed by atoms with E-state index >= 15 is 0 Å². The van der Waals surface area contributed by atoms with Gasteiger partial charge in [-0.3, -0.25) is 0 Å². The fourth-order valence-electron chi connectivity index (χ4n) is 3.19. The van der Waals surface area contributed by atoms with Crippen LogP contribution in [0.3, 0.4) is 0 Å². The van der Waals surface area contributed by atoms with Gasteiger partial charge in [0.2, 0.25) is 0 Å². The third-order valence-corrected chi connectivity index (χ3v) is 7.61. The van der Waals surface area contributed by atoms with E-state index in [1.54, 1.807) is 12.1 Å². The molecule has 1 aliphatic heterocycles. The third-order valence-electron chi connectivity index (χ3n) is 4.69. The second-order valence-electron chi connectivity index (χ2n) is 7.08. The standard InChI is InChI=1S/C19H16ClFN4O4S2/c1-11-3-5-13(6-4-11)31(28,29)25-10-15(14-7-12(20)8-23-18(14)25)17-22-9-16(21)19(24-17)30(2,26)27/h3-6,8-10,12H,7H2,1-2H3. The van der Waals surface area contributed by atoms with Gasteiger partial charge in [-0.2, -0.15) is 0 Å². The molecular formula is C19H16ClFN4O4S2. The summed E-state index contributed by atoms with van der Waals surface area (Å²) in [5.41, 5.74) is 1.52. The molecule has 3 aromatic rings. The number of fused-ring (bicyclic) bond motifs is 1. The minimum atomic E-state index is -4.04. The fraction of sp³-hybridized carbons (Fsp3) is 0.211. The molecule has 0 spiro atoms. The van der Waals surface area contributed by atoms with Crippen LogP contribution in [0.5, 0.6) is 0 Å². The number of hydrogen-bond donors (Lipinski definition) is 0. The minimum absolute atomic E-state index is 0.0440. The smallest absolute Gasteiger partial charge is 0.240 e. The molecule has 8 nitrogen and oxygen atoms in total. The third kappa shape index (κ3) is 3.88. The summed E-state index contributed by atoms with van der Waals surface area (Å²) in [6.45, 7) is 1.84. The molecule has 3 heterocycles. The molecule has 162 valence electrons. The Labute approximate surface area is 183 Å². The predicted octanol–water partition coefficient (Wildman–Crippen LogP) is 2.90. The first-order valence-electron chi connectivity index (χ1n) is 8.96. The van der Waals surface area contributed by atoms with E-state index in [-0.39, 0.29) is 28.5 Å². The lowest BCUT2D eigenvalue weighted by atomic mass is 10.1. The average molecular weight is 483 g/mol. The van der Waals surface area contributed by atoms with Crippen molar-refractivity contribution in [1.82, 2.24) is 13.9 Å². The molecule has 4 rings (SSSR count). The van der Waals surface area contributed by atoms with Crippen LogP contribution in [-0.2, 0) is 26.3 Å². The summed E-state index contributed by atoms with van der Waals surface area (Å²) in [6.07, 6.45) is 4.44. The van der Waals surface area contributed by atoms with Crippen LogP contribution in [0.15, 0.2) is 51.6 Å². The maximum atomic E-state index is 14.0. The van der Waals surface area contributed by atoms with Crippen LogP contribution in [0.1, 0.15) is 11.1 Å². The molecule has 1 aliphatic rings. The Bertz CT molecular complexity index is 1430. The van der Waals surface area contributed by atoms with Crippen LogP contribution in [0.2, 0.25) is 0 Å². The molecule has 0 saturated heterocycles. The normalized spacial score (nSPS) is 16.3. The number of benzene rings is 1. The number of nitrogens with zero attached hydrogens (tertiary/aromatic N) is 4. The molecule has 0 radical (unpaired) electrons. The zero-order chi connectivity index (χ0) is 22.6. The molecule has 12 heteroatoms. The van der Waals surface area contributed by atoms with Crippen molar-refractivity contribution in [2.45, 2.75) is 28.6 Å². The maximum absolute atomic E-state index is 14.0. The fourth-order valence-corrected chi connectivity index (χ4v) is 5.39. The van der Waals surface area contributed by atoms with Gasteiger partial charge >= 0.3 is 0 Å². The van der Waals surface area contributed by atoms with Crippen molar-refractivity contribution >= 4 is 43.5 Å². The Morgan fingerprint density at radius 1 is 1.16 bits per heavy atom. The zero-order valence-electron chi connectivity index (χ0n) is 16.3. The van der Waals surface area contributed by atoms with Crippen LogP contribution >= 0.6 is 11.6 Å². The molecule has 1 atom stereocenters. The molecular weight excluding hydrogens is 467 g/mol. The summed E-state index contributed by atoms with van der Waals surface area (Å²) in [5, 5.41) is -1.29. The summed E-state index contributed by atoms with van der Waals surface area (Å²) >= 11 is 6.19. The lowest BCUT2D eigenvalue weighted by Crippen LogP contribution is -2.14. The van der Waals surface area contributed by atoms with Gasteiger partial charge in [0.05, 0.1) is 16.5 Å². The predicted molar refractivity (Wildman–Crippen MR) is 114 cm³/mol. The van der Waals surface area contributed by atoms with Crippen LogP contribution < -0.4 is 0 Å². The first-order valence-corrected chi connectivity index (χ1v) is 12.7. The van der Waals surface area contributed by atoms with Crippen molar-refractivity contribution in [3.05, 3.63) is 53.6 Å². The van der Waals surface area contributed by atoms with Gasteiger partial charge in [-0.15, -0.1) is 11.6 Å². The van der Waals surface area contributed by atoms with E-state index in [1.807, 2.05) is 6.92 Å². The van der Waals surface area contributed by atoms with Crippen molar-refractivity contribution in [3.8, 4) is 11.4 Å². The molecule has 0 amide bonds. The van der Waals surface area contributed by atoms with Crippen LogP contribution in [0.4, 0.5) is 10.2 Å². The molecule has 31 heavy (non-hydrogen) atoms. The molecule has 1 unspecified atom stereocenters.